The van der Waals surface area contributed by atoms with Crippen LogP contribution in [0.4, 0.5) is 0 Å². The summed E-state index contributed by atoms with van der Waals surface area (Å²) >= 11 is 1.73. The third kappa shape index (κ3) is 4.93. The number of carbonyl (C=O) groups excluding carboxylic acids is 2. The van der Waals surface area contributed by atoms with Gasteiger partial charge in [-0.25, -0.2) is 9.78 Å². The fourth-order valence-electron chi connectivity index (χ4n) is 3.06. The zero-order chi connectivity index (χ0) is 19.2. The molecule has 7 heteroatoms. The van der Waals surface area contributed by atoms with Gasteiger partial charge in [-0.2, -0.15) is 0 Å². The van der Waals surface area contributed by atoms with Crippen molar-refractivity contribution in [3.63, 3.8) is 0 Å². The highest BCUT2D eigenvalue weighted by atomic mass is 32.1. The van der Waals surface area contributed by atoms with Gasteiger partial charge in [-0.3, -0.25) is 4.79 Å². The van der Waals surface area contributed by atoms with Crippen molar-refractivity contribution in [2.75, 3.05) is 26.3 Å². The van der Waals surface area contributed by atoms with E-state index < -0.39 is 12.1 Å². The number of nitrogens with zero attached hydrogens (tertiary/aromatic N) is 2. The van der Waals surface area contributed by atoms with Crippen molar-refractivity contribution >= 4 is 33.4 Å². The number of rotatable bonds is 7. The molecule has 1 aliphatic heterocycles. The number of benzene rings is 1. The Morgan fingerprint density at radius 1 is 1.37 bits per heavy atom. The molecule has 2 heterocycles. The van der Waals surface area contributed by atoms with Crippen molar-refractivity contribution in [1.29, 1.82) is 0 Å². The van der Waals surface area contributed by atoms with E-state index in [9.17, 15) is 9.59 Å². The molecule has 0 aliphatic carbocycles. The molecule has 1 aliphatic rings. The molecule has 144 valence electrons. The van der Waals surface area contributed by atoms with Crippen LogP contribution in [0.5, 0.6) is 0 Å². The molecule has 0 bridgehead atoms. The van der Waals surface area contributed by atoms with Gasteiger partial charge in [0.25, 0.3) is 5.91 Å². The van der Waals surface area contributed by atoms with Crippen LogP contribution in [0.1, 0.15) is 30.7 Å². The maximum absolute atomic E-state index is 12.3. The van der Waals surface area contributed by atoms with Gasteiger partial charge in [-0.1, -0.05) is 18.2 Å². The van der Waals surface area contributed by atoms with Gasteiger partial charge in [0.1, 0.15) is 0 Å². The lowest BCUT2D eigenvalue weighted by molar-refractivity contribution is -0.160. The lowest BCUT2D eigenvalue weighted by Gasteiger charge is -2.31. The van der Waals surface area contributed by atoms with Crippen LogP contribution in [-0.4, -0.2) is 54.2 Å². The second kappa shape index (κ2) is 9.10. The number of likely N-dealkylation sites (tertiary alicyclic amines) is 1. The molecule has 6 nitrogen and oxygen atoms in total. The highest BCUT2D eigenvalue weighted by molar-refractivity contribution is 7.18. The quantitative estimate of drug-likeness (QED) is 0.538. The molecule has 1 amide bonds. The van der Waals surface area contributed by atoms with E-state index in [-0.39, 0.29) is 19.1 Å². The highest BCUT2D eigenvalue weighted by Gasteiger charge is 2.27. The van der Waals surface area contributed by atoms with Gasteiger partial charge >= 0.3 is 5.97 Å². The summed E-state index contributed by atoms with van der Waals surface area (Å²) in [7, 11) is 0. The van der Waals surface area contributed by atoms with Gasteiger partial charge in [0, 0.05) is 19.0 Å². The fraction of sp³-hybridized carbons (Fsp3) is 0.450. The van der Waals surface area contributed by atoms with E-state index in [1.807, 2.05) is 18.2 Å². The molecule has 1 aromatic carbocycles. The molecule has 1 unspecified atom stereocenters. The van der Waals surface area contributed by atoms with E-state index in [0.717, 1.165) is 23.4 Å². The Balaban J connectivity index is 1.46. The second-order valence-electron chi connectivity index (χ2n) is 6.55. The zero-order valence-corrected chi connectivity index (χ0v) is 16.2. The van der Waals surface area contributed by atoms with E-state index in [1.165, 1.54) is 4.70 Å². The lowest BCUT2D eigenvalue weighted by atomic mass is 9.97. The molecule has 0 N–H and O–H groups in total. The van der Waals surface area contributed by atoms with Crippen LogP contribution in [0.15, 0.2) is 36.9 Å². The van der Waals surface area contributed by atoms with E-state index in [0.29, 0.717) is 19.0 Å². The molecular formula is C20H24N2O4S. The summed E-state index contributed by atoms with van der Waals surface area (Å²) < 4.78 is 11.5. The van der Waals surface area contributed by atoms with Gasteiger partial charge < -0.3 is 14.4 Å². The topological polar surface area (TPSA) is 68.7 Å². The van der Waals surface area contributed by atoms with Gasteiger partial charge in [-0.15, -0.1) is 17.9 Å². The number of aromatic nitrogens is 1. The fourth-order valence-corrected chi connectivity index (χ4v) is 4.20. The minimum absolute atomic E-state index is 0.165. The number of fused-ring (bicyclic) bond motifs is 1. The Labute approximate surface area is 162 Å². The highest BCUT2D eigenvalue weighted by Crippen LogP contribution is 2.33. The first kappa shape index (κ1) is 19.5. The van der Waals surface area contributed by atoms with E-state index in [4.69, 9.17) is 14.5 Å². The lowest BCUT2D eigenvalue weighted by Crippen LogP contribution is -2.40. The van der Waals surface area contributed by atoms with Crippen molar-refractivity contribution in [2.45, 2.75) is 31.8 Å². The Morgan fingerprint density at radius 3 is 2.81 bits per heavy atom. The monoisotopic (exact) mass is 388 g/mol. The minimum Gasteiger partial charge on any atom is -0.454 e. The molecule has 3 rings (SSSR count). The van der Waals surface area contributed by atoms with Crippen molar-refractivity contribution in [3.8, 4) is 0 Å². The summed E-state index contributed by atoms with van der Waals surface area (Å²) in [5.74, 6) is -0.321. The molecule has 1 fully saturated rings. The SMILES string of the molecule is C=CCOC(C)C(=O)OCC(=O)N1CCC(c2nc3ccccc3s2)CC1. The summed E-state index contributed by atoms with van der Waals surface area (Å²) in [5.41, 5.74) is 1.04. The average molecular weight is 388 g/mol. The Morgan fingerprint density at radius 2 is 2.11 bits per heavy atom. The predicted octanol–water partition coefficient (Wildman–Crippen LogP) is 3.14. The van der Waals surface area contributed by atoms with Crippen molar-refractivity contribution in [1.82, 2.24) is 9.88 Å². The van der Waals surface area contributed by atoms with Crippen molar-refractivity contribution in [3.05, 3.63) is 41.9 Å². The summed E-state index contributed by atoms with van der Waals surface area (Å²) in [6.45, 7) is 6.45. The summed E-state index contributed by atoms with van der Waals surface area (Å²) in [5, 5.41) is 1.14. The number of carbonyl (C=O) groups is 2. The van der Waals surface area contributed by atoms with Crippen LogP contribution in [-0.2, 0) is 19.1 Å². The van der Waals surface area contributed by atoms with Crippen LogP contribution in [0.3, 0.4) is 0 Å². The van der Waals surface area contributed by atoms with E-state index in [1.54, 1.807) is 29.2 Å². The number of thiazole rings is 1. The van der Waals surface area contributed by atoms with E-state index >= 15 is 0 Å². The first-order valence-electron chi connectivity index (χ1n) is 9.11. The summed E-state index contributed by atoms with van der Waals surface area (Å²) in [6, 6.07) is 8.14. The molecule has 1 saturated heterocycles. The maximum atomic E-state index is 12.3. The maximum Gasteiger partial charge on any atom is 0.335 e. The number of piperidine rings is 1. The predicted molar refractivity (Wildman–Crippen MR) is 105 cm³/mol. The molecule has 0 radical (unpaired) electrons. The first-order chi connectivity index (χ1) is 13.1. The van der Waals surface area contributed by atoms with Gasteiger partial charge in [0.05, 0.1) is 21.8 Å². The Bertz CT molecular complexity index is 778. The van der Waals surface area contributed by atoms with E-state index in [2.05, 4.69) is 12.6 Å². The zero-order valence-electron chi connectivity index (χ0n) is 15.4. The number of esters is 1. The standard InChI is InChI=1S/C20H24N2O4S/c1-3-12-25-14(2)20(24)26-13-18(23)22-10-8-15(9-11-22)19-21-16-6-4-5-7-17(16)27-19/h3-7,14-15H,1,8-13H2,2H3. The van der Waals surface area contributed by atoms with Crippen molar-refractivity contribution in [2.24, 2.45) is 0 Å². The van der Waals surface area contributed by atoms with Crippen LogP contribution >= 0.6 is 11.3 Å². The summed E-state index contributed by atoms with van der Waals surface area (Å²) in [4.78, 5) is 30.6. The molecular weight excluding hydrogens is 364 g/mol. The number of hydrogen-bond donors (Lipinski definition) is 0. The number of amides is 1. The van der Waals surface area contributed by atoms with Gasteiger partial charge in [-0.05, 0) is 31.9 Å². The molecule has 0 spiro atoms. The van der Waals surface area contributed by atoms with Gasteiger partial charge in [0.15, 0.2) is 12.7 Å². The van der Waals surface area contributed by atoms with Crippen molar-refractivity contribution < 1.29 is 19.1 Å². The normalized spacial score (nSPS) is 16.3. The molecule has 1 atom stereocenters. The van der Waals surface area contributed by atoms with Gasteiger partial charge in [0.2, 0.25) is 0 Å². The average Bonchev–Trinajstić information content (AvgIpc) is 3.14. The summed E-state index contributed by atoms with van der Waals surface area (Å²) in [6.07, 6.45) is 2.60. The van der Waals surface area contributed by atoms with Crippen LogP contribution in [0.2, 0.25) is 0 Å². The van der Waals surface area contributed by atoms with Crippen LogP contribution in [0, 0.1) is 0 Å². The third-order valence-electron chi connectivity index (χ3n) is 4.64. The first-order valence-corrected chi connectivity index (χ1v) is 9.92. The Hall–Kier alpha value is -2.25. The van der Waals surface area contributed by atoms with Crippen LogP contribution < -0.4 is 0 Å². The second-order valence-corrected chi connectivity index (χ2v) is 7.61. The third-order valence-corrected chi connectivity index (χ3v) is 5.84. The molecule has 0 saturated carbocycles. The molecule has 2 aromatic rings. The van der Waals surface area contributed by atoms with Crippen LogP contribution in [0.25, 0.3) is 10.2 Å². The largest absolute Gasteiger partial charge is 0.454 e. The molecule has 1 aromatic heterocycles. The Kier molecular flexibility index (Phi) is 6.58. The smallest absolute Gasteiger partial charge is 0.335 e. The number of ether oxygens (including phenoxy) is 2. The minimum atomic E-state index is -0.708. The number of hydrogen-bond acceptors (Lipinski definition) is 6. The number of para-hydroxylation sites is 1. The molecule has 27 heavy (non-hydrogen) atoms.